The van der Waals surface area contributed by atoms with Gasteiger partial charge in [-0.25, -0.2) is 8.78 Å². The van der Waals surface area contributed by atoms with Crippen molar-refractivity contribution in [2.75, 3.05) is 5.32 Å². The molecule has 0 unspecified atom stereocenters. The van der Waals surface area contributed by atoms with Crippen molar-refractivity contribution in [3.8, 4) is 0 Å². The monoisotopic (exact) mass is 261 g/mol. The molecule has 0 radical (unpaired) electrons. The quantitative estimate of drug-likeness (QED) is 0.874. The number of amides is 1. The zero-order chi connectivity index (χ0) is 14.0. The van der Waals surface area contributed by atoms with Crippen molar-refractivity contribution in [3.63, 3.8) is 0 Å². The van der Waals surface area contributed by atoms with E-state index in [1.807, 2.05) is 0 Å². The molecular weight excluding hydrogens is 248 g/mol. The van der Waals surface area contributed by atoms with Crippen LogP contribution in [0.3, 0.4) is 0 Å². The van der Waals surface area contributed by atoms with Crippen molar-refractivity contribution in [2.24, 2.45) is 0 Å². The molecule has 0 fully saturated rings. The maximum absolute atomic E-state index is 13.8. The van der Waals surface area contributed by atoms with E-state index in [0.29, 0.717) is 5.56 Å². The highest BCUT2D eigenvalue weighted by atomic mass is 19.1. The summed E-state index contributed by atoms with van der Waals surface area (Å²) >= 11 is 0. The molecule has 19 heavy (non-hydrogen) atoms. The fraction of sp³-hybridized carbons (Fsp3) is 0.133. The molecule has 98 valence electrons. The smallest absolute Gasteiger partial charge is 0.258 e. The number of halogens is 2. The van der Waals surface area contributed by atoms with E-state index in [2.05, 4.69) is 5.32 Å². The first-order valence-electron chi connectivity index (χ1n) is 5.81. The van der Waals surface area contributed by atoms with Crippen LogP contribution in [0.5, 0.6) is 0 Å². The van der Waals surface area contributed by atoms with Gasteiger partial charge < -0.3 is 5.32 Å². The summed E-state index contributed by atoms with van der Waals surface area (Å²) in [5, 5.41) is 2.37. The van der Waals surface area contributed by atoms with Gasteiger partial charge in [0, 0.05) is 0 Å². The Bertz CT molecular complexity index is 638. The highest BCUT2D eigenvalue weighted by Gasteiger charge is 2.14. The van der Waals surface area contributed by atoms with Gasteiger partial charge in [-0.15, -0.1) is 0 Å². The van der Waals surface area contributed by atoms with Crippen LogP contribution in [0.15, 0.2) is 36.4 Å². The van der Waals surface area contributed by atoms with Gasteiger partial charge in [-0.2, -0.15) is 0 Å². The van der Waals surface area contributed by atoms with Gasteiger partial charge in [-0.3, -0.25) is 4.79 Å². The SMILES string of the molecule is Cc1ccc(NC(=O)c2cccc(C)c2F)c(F)c1. The van der Waals surface area contributed by atoms with Crippen molar-refractivity contribution >= 4 is 11.6 Å². The number of hydrogen-bond acceptors (Lipinski definition) is 1. The second-order valence-corrected chi connectivity index (χ2v) is 4.37. The van der Waals surface area contributed by atoms with Crippen LogP contribution in [0.4, 0.5) is 14.5 Å². The number of anilines is 1. The summed E-state index contributed by atoms with van der Waals surface area (Å²) in [6.07, 6.45) is 0. The van der Waals surface area contributed by atoms with Crippen LogP contribution in [0.25, 0.3) is 0 Å². The van der Waals surface area contributed by atoms with Crippen molar-refractivity contribution in [2.45, 2.75) is 13.8 Å². The first kappa shape index (κ1) is 13.2. The molecule has 1 amide bonds. The Balaban J connectivity index is 2.28. The minimum absolute atomic E-state index is 0.0384. The molecule has 1 N–H and O–H groups in total. The van der Waals surface area contributed by atoms with Gasteiger partial charge in [0.15, 0.2) is 0 Å². The zero-order valence-corrected chi connectivity index (χ0v) is 10.6. The number of rotatable bonds is 2. The maximum Gasteiger partial charge on any atom is 0.258 e. The largest absolute Gasteiger partial charge is 0.319 e. The van der Waals surface area contributed by atoms with Crippen molar-refractivity contribution in [1.82, 2.24) is 0 Å². The van der Waals surface area contributed by atoms with Gasteiger partial charge in [-0.1, -0.05) is 18.2 Å². The number of aryl methyl sites for hydroxylation is 2. The molecule has 0 aliphatic heterocycles. The predicted octanol–water partition coefficient (Wildman–Crippen LogP) is 3.83. The van der Waals surface area contributed by atoms with Gasteiger partial charge >= 0.3 is 0 Å². The third-order valence-corrected chi connectivity index (χ3v) is 2.81. The fourth-order valence-corrected chi connectivity index (χ4v) is 1.73. The molecule has 0 saturated carbocycles. The summed E-state index contributed by atoms with van der Waals surface area (Å²) in [7, 11) is 0. The van der Waals surface area contributed by atoms with Crippen LogP contribution in [-0.2, 0) is 0 Å². The number of nitrogens with one attached hydrogen (secondary N) is 1. The second kappa shape index (κ2) is 5.18. The Kier molecular flexibility index (Phi) is 3.60. The number of carbonyl (C=O) groups is 1. The van der Waals surface area contributed by atoms with Crippen LogP contribution >= 0.6 is 0 Å². The van der Waals surface area contributed by atoms with E-state index in [0.717, 1.165) is 5.56 Å². The highest BCUT2D eigenvalue weighted by Crippen LogP contribution is 2.18. The van der Waals surface area contributed by atoms with Crippen LogP contribution in [0.1, 0.15) is 21.5 Å². The molecule has 0 aliphatic rings. The number of carbonyl (C=O) groups excluding carboxylic acids is 1. The normalized spacial score (nSPS) is 10.3. The summed E-state index contributed by atoms with van der Waals surface area (Å²) in [4.78, 5) is 11.9. The van der Waals surface area contributed by atoms with Gasteiger partial charge in [0.05, 0.1) is 11.3 Å². The highest BCUT2D eigenvalue weighted by molar-refractivity contribution is 6.04. The Labute approximate surface area is 110 Å². The van der Waals surface area contributed by atoms with Gasteiger partial charge in [-0.05, 0) is 43.2 Å². The standard InChI is InChI=1S/C15H13F2NO/c1-9-6-7-13(12(16)8-9)18-15(19)11-5-3-4-10(2)14(11)17/h3-8H,1-2H3,(H,18,19). The molecule has 0 atom stereocenters. The summed E-state index contributed by atoms with van der Waals surface area (Å²) in [5.41, 5.74) is 1.06. The van der Waals surface area contributed by atoms with E-state index < -0.39 is 17.5 Å². The average molecular weight is 261 g/mol. The lowest BCUT2D eigenvalue weighted by Crippen LogP contribution is -2.15. The Hall–Kier alpha value is -2.23. The van der Waals surface area contributed by atoms with Gasteiger partial charge in [0.25, 0.3) is 5.91 Å². The Morgan fingerprint density at radius 3 is 2.53 bits per heavy atom. The molecule has 2 nitrogen and oxygen atoms in total. The second-order valence-electron chi connectivity index (χ2n) is 4.37. The van der Waals surface area contributed by atoms with Crippen LogP contribution < -0.4 is 5.32 Å². The lowest BCUT2D eigenvalue weighted by molar-refractivity contribution is 0.102. The first-order chi connectivity index (χ1) is 8.99. The summed E-state index contributed by atoms with van der Waals surface area (Å²) < 4.78 is 27.4. The van der Waals surface area contributed by atoms with Crippen molar-refractivity contribution < 1.29 is 13.6 Å². The average Bonchev–Trinajstić information content (AvgIpc) is 2.36. The minimum Gasteiger partial charge on any atom is -0.319 e. The van der Waals surface area contributed by atoms with E-state index in [-0.39, 0.29) is 11.3 Å². The Morgan fingerprint density at radius 1 is 1.11 bits per heavy atom. The summed E-state index contributed by atoms with van der Waals surface area (Å²) in [6.45, 7) is 3.31. The van der Waals surface area contributed by atoms with Gasteiger partial charge in [0.2, 0.25) is 0 Å². The number of benzene rings is 2. The summed E-state index contributed by atoms with van der Waals surface area (Å²) in [6, 6.07) is 8.95. The van der Waals surface area contributed by atoms with Gasteiger partial charge in [0.1, 0.15) is 11.6 Å². The fourth-order valence-electron chi connectivity index (χ4n) is 1.73. The topological polar surface area (TPSA) is 29.1 Å². The molecule has 2 rings (SSSR count). The molecule has 0 saturated heterocycles. The van der Waals surface area contributed by atoms with E-state index in [9.17, 15) is 13.6 Å². The molecule has 0 aromatic heterocycles. The first-order valence-corrected chi connectivity index (χ1v) is 5.81. The maximum atomic E-state index is 13.8. The van der Waals surface area contributed by atoms with E-state index >= 15 is 0 Å². The summed E-state index contributed by atoms with van der Waals surface area (Å²) in [5.74, 6) is -1.79. The lowest BCUT2D eigenvalue weighted by Gasteiger charge is -2.08. The molecular formula is C15H13F2NO. The molecule has 2 aromatic rings. The third kappa shape index (κ3) is 2.78. The van der Waals surface area contributed by atoms with Crippen LogP contribution in [-0.4, -0.2) is 5.91 Å². The molecule has 0 aliphatic carbocycles. The zero-order valence-electron chi connectivity index (χ0n) is 10.6. The van der Waals surface area contributed by atoms with Crippen LogP contribution in [0.2, 0.25) is 0 Å². The van der Waals surface area contributed by atoms with Crippen molar-refractivity contribution in [1.29, 1.82) is 0 Å². The van der Waals surface area contributed by atoms with E-state index in [1.54, 1.807) is 32.0 Å². The predicted molar refractivity (Wildman–Crippen MR) is 70.2 cm³/mol. The lowest BCUT2D eigenvalue weighted by atomic mass is 10.1. The molecule has 0 spiro atoms. The molecule has 0 heterocycles. The van der Waals surface area contributed by atoms with E-state index in [4.69, 9.17) is 0 Å². The third-order valence-electron chi connectivity index (χ3n) is 2.81. The van der Waals surface area contributed by atoms with Crippen LogP contribution in [0, 0.1) is 25.5 Å². The minimum atomic E-state index is -0.663. The Morgan fingerprint density at radius 2 is 1.84 bits per heavy atom. The van der Waals surface area contributed by atoms with Crippen molar-refractivity contribution in [3.05, 3.63) is 64.7 Å². The molecule has 2 aromatic carbocycles. The number of hydrogen-bond donors (Lipinski definition) is 1. The molecule has 0 bridgehead atoms. The van der Waals surface area contributed by atoms with E-state index in [1.165, 1.54) is 18.2 Å². The molecule has 4 heteroatoms.